The van der Waals surface area contributed by atoms with E-state index in [0.717, 1.165) is 12.8 Å². The average Bonchev–Trinajstić information content (AvgIpc) is 3.53. The topological polar surface area (TPSA) is 120 Å². The molecule has 2 aliphatic carbocycles. The molecule has 0 unspecified atom stereocenters. The Morgan fingerprint density at radius 2 is 2.03 bits per heavy atom. The molecule has 2 heterocycles. The van der Waals surface area contributed by atoms with E-state index in [1.165, 1.54) is 12.8 Å². The molecule has 178 valence electrons. The molecular formula is C23H31N5O5. The quantitative estimate of drug-likeness (QED) is 0.642. The molecule has 2 aromatic rings. The molecule has 2 saturated carbocycles. The highest BCUT2D eigenvalue weighted by Gasteiger charge is 2.29. The lowest BCUT2D eigenvalue weighted by Crippen LogP contribution is -2.29. The van der Waals surface area contributed by atoms with E-state index in [1.807, 2.05) is 13.0 Å². The number of hydrogen-bond acceptors (Lipinski definition) is 7. The van der Waals surface area contributed by atoms with Gasteiger partial charge in [-0.3, -0.25) is 4.79 Å². The zero-order chi connectivity index (χ0) is 23.5. The Morgan fingerprint density at radius 3 is 2.73 bits per heavy atom. The van der Waals surface area contributed by atoms with Crippen molar-refractivity contribution in [3.63, 3.8) is 0 Å². The summed E-state index contributed by atoms with van der Waals surface area (Å²) in [5, 5.41) is 17.6. The van der Waals surface area contributed by atoms with Crippen molar-refractivity contribution in [2.24, 2.45) is 18.9 Å². The van der Waals surface area contributed by atoms with Crippen molar-refractivity contribution >= 4 is 12.1 Å². The van der Waals surface area contributed by atoms with Gasteiger partial charge in [-0.05, 0) is 63.5 Å². The van der Waals surface area contributed by atoms with E-state index in [4.69, 9.17) is 9.47 Å². The summed E-state index contributed by atoms with van der Waals surface area (Å²) in [5.74, 6) is 0.106. The maximum atomic E-state index is 12.3. The van der Waals surface area contributed by atoms with Gasteiger partial charge >= 0.3 is 12.1 Å². The van der Waals surface area contributed by atoms with Crippen LogP contribution in [0.4, 0.5) is 4.79 Å². The van der Waals surface area contributed by atoms with Crippen LogP contribution in [0.1, 0.15) is 49.9 Å². The second-order valence-corrected chi connectivity index (χ2v) is 9.11. The summed E-state index contributed by atoms with van der Waals surface area (Å²) in [6, 6.07) is 3.63. The molecule has 10 nitrogen and oxygen atoms in total. The molecule has 0 saturated heterocycles. The largest absolute Gasteiger partial charge is 0.489 e. The Hall–Kier alpha value is -3.17. The number of amides is 1. The van der Waals surface area contributed by atoms with Gasteiger partial charge in [0.25, 0.3) is 0 Å². The van der Waals surface area contributed by atoms with Crippen LogP contribution in [-0.2, 0) is 23.2 Å². The standard InChI is InChI=1S/C23H31N5O5/c1-14-20(33-17-6-4-5-16(11-17)22(29)30)10-9-18(24-14)21-19(28(3)26-25-21)13-32-23(31)27(2)12-15-7-8-15/h9-10,15-17H,4-8,11-13H2,1-3H3,(H,29,30)/t16-,17-/m0/s1. The number of carbonyl (C=O) groups is 2. The number of carboxylic acids is 1. The molecule has 2 aromatic heterocycles. The van der Waals surface area contributed by atoms with E-state index in [-0.39, 0.29) is 24.7 Å². The van der Waals surface area contributed by atoms with Crippen molar-refractivity contribution < 1.29 is 24.2 Å². The minimum atomic E-state index is -0.761. The molecule has 33 heavy (non-hydrogen) atoms. The minimum Gasteiger partial charge on any atom is -0.489 e. The van der Waals surface area contributed by atoms with Crippen LogP contribution >= 0.6 is 0 Å². The summed E-state index contributed by atoms with van der Waals surface area (Å²) in [5.41, 5.74) is 2.49. The van der Waals surface area contributed by atoms with E-state index in [0.29, 0.717) is 53.8 Å². The number of rotatable bonds is 8. The van der Waals surface area contributed by atoms with Gasteiger partial charge < -0.3 is 19.5 Å². The van der Waals surface area contributed by atoms with Gasteiger partial charge in [-0.25, -0.2) is 14.5 Å². The minimum absolute atomic E-state index is 0.0459. The van der Waals surface area contributed by atoms with Crippen molar-refractivity contribution in [1.29, 1.82) is 0 Å². The van der Waals surface area contributed by atoms with Gasteiger partial charge in [0.05, 0.1) is 23.4 Å². The zero-order valence-corrected chi connectivity index (χ0v) is 19.4. The van der Waals surface area contributed by atoms with Crippen molar-refractivity contribution in [3.8, 4) is 17.1 Å². The summed E-state index contributed by atoms with van der Waals surface area (Å²) in [7, 11) is 3.50. The second-order valence-electron chi connectivity index (χ2n) is 9.11. The normalized spacial score (nSPS) is 20.3. The number of aromatic nitrogens is 4. The lowest BCUT2D eigenvalue weighted by Gasteiger charge is -2.27. The maximum absolute atomic E-state index is 12.3. The van der Waals surface area contributed by atoms with E-state index < -0.39 is 5.97 Å². The van der Waals surface area contributed by atoms with Crippen LogP contribution in [0.15, 0.2) is 12.1 Å². The third-order valence-electron chi connectivity index (χ3n) is 6.36. The highest BCUT2D eigenvalue weighted by molar-refractivity contribution is 5.70. The molecule has 0 spiro atoms. The van der Waals surface area contributed by atoms with E-state index in [1.54, 1.807) is 29.7 Å². The molecule has 0 aromatic carbocycles. The molecule has 2 atom stereocenters. The van der Waals surface area contributed by atoms with Crippen LogP contribution < -0.4 is 4.74 Å². The number of carboxylic acid groups (broad SMARTS) is 1. The van der Waals surface area contributed by atoms with Gasteiger partial charge in [0.2, 0.25) is 0 Å². The Kier molecular flexibility index (Phi) is 6.80. The number of nitrogens with zero attached hydrogens (tertiary/aromatic N) is 5. The number of hydrogen-bond donors (Lipinski definition) is 1. The SMILES string of the molecule is Cc1nc(-c2nnn(C)c2COC(=O)N(C)CC2CC2)ccc1O[C@H]1CCC[C@H](C(=O)O)C1. The monoisotopic (exact) mass is 457 g/mol. The number of aliphatic carboxylic acids is 1. The predicted octanol–water partition coefficient (Wildman–Crippen LogP) is 3.19. The summed E-state index contributed by atoms with van der Waals surface area (Å²) < 4.78 is 13.2. The Labute approximate surface area is 192 Å². The smallest absolute Gasteiger partial charge is 0.409 e. The molecule has 1 amide bonds. The summed E-state index contributed by atoms with van der Waals surface area (Å²) >= 11 is 0. The van der Waals surface area contributed by atoms with E-state index in [2.05, 4.69) is 15.3 Å². The fourth-order valence-electron chi connectivity index (χ4n) is 4.20. The first-order valence-electron chi connectivity index (χ1n) is 11.5. The van der Waals surface area contributed by atoms with E-state index in [9.17, 15) is 14.7 Å². The zero-order valence-electron chi connectivity index (χ0n) is 19.4. The first-order chi connectivity index (χ1) is 15.8. The van der Waals surface area contributed by atoms with Crippen molar-refractivity contribution in [1.82, 2.24) is 24.9 Å². The Balaban J connectivity index is 1.42. The molecule has 0 aliphatic heterocycles. The number of carbonyl (C=O) groups excluding carboxylic acids is 1. The molecule has 2 aliphatic rings. The van der Waals surface area contributed by atoms with Crippen LogP contribution in [0.25, 0.3) is 11.4 Å². The van der Waals surface area contributed by atoms with Gasteiger partial charge in [0, 0.05) is 20.6 Å². The van der Waals surface area contributed by atoms with E-state index >= 15 is 0 Å². The van der Waals surface area contributed by atoms with Crippen molar-refractivity contribution in [3.05, 3.63) is 23.5 Å². The number of pyridine rings is 1. The fraction of sp³-hybridized carbons (Fsp3) is 0.609. The molecule has 10 heteroatoms. The maximum Gasteiger partial charge on any atom is 0.409 e. The van der Waals surface area contributed by atoms with Crippen molar-refractivity contribution in [2.45, 2.75) is 58.2 Å². The average molecular weight is 458 g/mol. The second kappa shape index (κ2) is 9.76. The summed E-state index contributed by atoms with van der Waals surface area (Å²) in [4.78, 5) is 29.9. The lowest BCUT2D eigenvalue weighted by atomic mass is 9.87. The molecule has 2 fully saturated rings. The molecule has 1 N–H and O–H groups in total. The van der Waals surface area contributed by atoms with Crippen LogP contribution in [0, 0.1) is 18.8 Å². The lowest BCUT2D eigenvalue weighted by molar-refractivity contribution is -0.143. The first kappa shape index (κ1) is 23.0. The molecule has 4 rings (SSSR count). The number of ether oxygens (including phenoxy) is 2. The Bertz CT molecular complexity index is 1020. The van der Waals surface area contributed by atoms with Crippen LogP contribution in [0.5, 0.6) is 5.75 Å². The molecular weight excluding hydrogens is 426 g/mol. The summed E-state index contributed by atoms with van der Waals surface area (Å²) in [6.07, 6.45) is 4.70. The van der Waals surface area contributed by atoms with Crippen molar-refractivity contribution in [2.75, 3.05) is 13.6 Å². The molecule has 0 bridgehead atoms. The van der Waals surface area contributed by atoms with Gasteiger partial charge in [0.1, 0.15) is 23.7 Å². The first-order valence-corrected chi connectivity index (χ1v) is 11.5. The highest BCUT2D eigenvalue weighted by atomic mass is 16.6. The third-order valence-corrected chi connectivity index (χ3v) is 6.36. The number of aryl methyl sites for hydroxylation is 2. The predicted molar refractivity (Wildman–Crippen MR) is 119 cm³/mol. The van der Waals surface area contributed by atoms with Gasteiger partial charge in [0.15, 0.2) is 0 Å². The third kappa shape index (κ3) is 5.61. The van der Waals surface area contributed by atoms with Gasteiger partial charge in [-0.15, -0.1) is 5.10 Å². The molecule has 0 radical (unpaired) electrons. The highest BCUT2D eigenvalue weighted by Crippen LogP contribution is 2.31. The van der Waals surface area contributed by atoms with Gasteiger partial charge in [-0.2, -0.15) is 0 Å². The summed E-state index contributed by atoms with van der Waals surface area (Å²) in [6.45, 7) is 2.61. The van der Waals surface area contributed by atoms with Crippen LogP contribution in [-0.4, -0.2) is 61.7 Å². The fourth-order valence-corrected chi connectivity index (χ4v) is 4.20. The Morgan fingerprint density at radius 1 is 1.24 bits per heavy atom. The van der Waals surface area contributed by atoms with Crippen LogP contribution in [0.2, 0.25) is 0 Å². The van der Waals surface area contributed by atoms with Gasteiger partial charge in [-0.1, -0.05) is 5.21 Å². The van der Waals surface area contributed by atoms with Crippen LogP contribution in [0.3, 0.4) is 0 Å².